The molecule has 0 bridgehead atoms. The molecule has 0 spiro atoms. The van der Waals surface area contributed by atoms with Gasteiger partial charge in [0.05, 0.1) is 12.6 Å². The molecule has 2 rings (SSSR count). The normalized spacial score (nSPS) is 22.9. The van der Waals surface area contributed by atoms with Crippen LogP contribution < -0.4 is 0 Å². The molecule has 1 N–H and O–H groups in total. The molecule has 1 aliphatic rings. The predicted octanol–water partition coefficient (Wildman–Crippen LogP) is 0.816. The van der Waals surface area contributed by atoms with Crippen molar-refractivity contribution < 1.29 is 5.11 Å². The number of piperidine rings is 1. The SMILES string of the molecule is CC(C)n1ncnc1CN1CCCC(O)C1. The first-order valence-electron chi connectivity index (χ1n) is 5.95. The molecule has 0 aromatic carbocycles. The molecule has 5 nitrogen and oxygen atoms in total. The minimum absolute atomic E-state index is 0.177. The molecule has 0 aliphatic carbocycles. The highest BCUT2D eigenvalue weighted by molar-refractivity contribution is 4.88. The van der Waals surface area contributed by atoms with Gasteiger partial charge in [0.2, 0.25) is 0 Å². The summed E-state index contributed by atoms with van der Waals surface area (Å²) in [4.78, 5) is 6.53. The lowest BCUT2D eigenvalue weighted by Gasteiger charge is -2.29. The summed E-state index contributed by atoms with van der Waals surface area (Å²) >= 11 is 0. The molecule has 1 atom stereocenters. The topological polar surface area (TPSA) is 54.2 Å². The molecule has 5 heteroatoms. The Morgan fingerprint density at radius 1 is 1.56 bits per heavy atom. The number of aliphatic hydroxyl groups is 1. The lowest BCUT2D eigenvalue weighted by Crippen LogP contribution is -2.38. The Morgan fingerprint density at radius 3 is 3.06 bits per heavy atom. The van der Waals surface area contributed by atoms with Crippen LogP contribution >= 0.6 is 0 Å². The Balaban J connectivity index is 2.00. The third-order valence-electron chi connectivity index (χ3n) is 2.98. The fourth-order valence-electron chi connectivity index (χ4n) is 2.19. The number of nitrogens with zero attached hydrogens (tertiary/aromatic N) is 4. The zero-order valence-corrected chi connectivity index (χ0v) is 10.0. The molecule has 1 aromatic heterocycles. The van der Waals surface area contributed by atoms with Crippen molar-refractivity contribution >= 4 is 0 Å². The van der Waals surface area contributed by atoms with E-state index in [1.807, 2.05) is 4.68 Å². The van der Waals surface area contributed by atoms with Crippen LogP contribution in [0.15, 0.2) is 6.33 Å². The molecule has 0 saturated carbocycles. The van der Waals surface area contributed by atoms with E-state index in [4.69, 9.17) is 0 Å². The number of rotatable bonds is 3. The van der Waals surface area contributed by atoms with Crippen LogP contribution in [0.4, 0.5) is 0 Å². The number of aromatic nitrogens is 3. The van der Waals surface area contributed by atoms with Crippen molar-refractivity contribution in [1.82, 2.24) is 19.7 Å². The van der Waals surface area contributed by atoms with E-state index in [1.54, 1.807) is 6.33 Å². The Bertz CT molecular complexity index is 336. The van der Waals surface area contributed by atoms with Gasteiger partial charge in [-0.3, -0.25) is 4.90 Å². The van der Waals surface area contributed by atoms with Crippen LogP contribution in [-0.4, -0.2) is 44.0 Å². The van der Waals surface area contributed by atoms with Gasteiger partial charge < -0.3 is 5.11 Å². The van der Waals surface area contributed by atoms with Gasteiger partial charge in [-0.2, -0.15) is 5.10 Å². The summed E-state index contributed by atoms with van der Waals surface area (Å²) in [6, 6.07) is 0.340. The van der Waals surface area contributed by atoms with Gasteiger partial charge >= 0.3 is 0 Å². The summed E-state index contributed by atoms with van der Waals surface area (Å²) in [5, 5.41) is 13.8. The van der Waals surface area contributed by atoms with Crippen LogP contribution in [0.25, 0.3) is 0 Å². The standard InChI is InChI=1S/C11H20N4O/c1-9(2)15-11(12-8-13-15)7-14-5-3-4-10(16)6-14/h8-10,16H,3-7H2,1-2H3. The van der Waals surface area contributed by atoms with Crippen LogP contribution in [0.2, 0.25) is 0 Å². The van der Waals surface area contributed by atoms with Gasteiger partial charge in [-0.05, 0) is 33.2 Å². The van der Waals surface area contributed by atoms with Crippen molar-refractivity contribution in [3.05, 3.63) is 12.2 Å². The van der Waals surface area contributed by atoms with Gasteiger partial charge in [0.1, 0.15) is 12.2 Å². The van der Waals surface area contributed by atoms with E-state index in [9.17, 15) is 5.11 Å². The third kappa shape index (κ3) is 2.59. The van der Waals surface area contributed by atoms with Crippen LogP contribution in [0.1, 0.15) is 38.6 Å². The quantitative estimate of drug-likeness (QED) is 0.825. The predicted molar refractivity (Wildman–Crippen MR) is 60.9 cm³/mol. The molecular weight excluding hydrogens is 204 g/mol. The molecule has 0 amide bonds. The molecule has 90 valence electrons. The monoisotopic (exact) mass is 224 g/mol. The van der Waals surface area contributed by atoms with Crippen LogP contribution in [0.3, 0.4) is 0 Å². The molecule has 16 heavy (non-hydrogen) atoms. The Morgan fingerprint density at radius 2 is 2.38 bits per heavy atom. The number of likely N-dealkylation sites (tertiary alicyclic amines) is 1. The highest BCUT2D eigenvalue weighted by Crippen LogP contribution is 2.14. The Labute approximate surface area is 96.1 Å². The van der Waals surface area contributed by atoms with E-state index in [-0.39, 0.29) is 6.10 Å². The molecule has 1 fully saturated rings. The van der Waals surface area contributed by atoms with E-state index in [0.29, 0.717) is 6.04 Å². The maximum Gasteiger partial charge on any atom is 0.141 e. The van der Waals surface area contributed by atoms with Gasteiger partial charge in [-0.25, -0.2) is 9.67 Å². The van der Waals surface area contributed by atoms with E-state index in [1.165, 1.54) is 0 Å². The second-order valence-electron chi connectivity index (χ2n) is 4.75. The van der Waals surface area contributed by atoms with Gasteiger partial charge in [-0.1, -0.05) is 0 Å². The van der Waals surface area contributed by atoms with Crippen molar-refractivity contribution in [2.24, 2.45) is 0 Å². The third-order valence-corrected chi connectivity index (χ3v) is 2.98. The molecule has 2 heterocycles. The van der Waals surface area contributed by atoms with E-state index in [0.717, 1.165) is 38.3 Å². The van der Waals surface area contributed by atoms with Gasteiger partial charge in [0.15, 0.2) is 0 Å². The van der Waals surface area contributed by atoms with Crippen molar-refractivity contribution in [2.45, 2.75) is 45.4 Å². The Kier molecular flexibility index (Phi) is 3.56. The summed E-state index contributed by atoms with van der Waals surface area (Å²) in [5.41, 5.74) is 0. The largest absolute Gasteiger partial charge is 0.392 e. The van der Waals surface area contributed by atoms with Crippen molar-refractivity contribution in [3.63, 3.8) is 0 Å². The molecule has 1 saturated heterocycles. The fraction of sp³-hybridized carbons (Fsp3) is 0.818. The number of aliphatic hydroxyl groups excluding tert-OH is 1. The molecule has 1 aromatic rings. The smallest absolute Gasteiger partial charge is 0.141 e. The Hall–Kier alpha value is -0.940. The summed E-state index contributed by atoms with van der Waals surface area (Å²) in [6.07, 6.45) is 3.42. The minimum atomic E-state index is -0.177. The fourth-order valence-corrected chi connectivity index (χ4v) is 2.19. The summed E-state index contributed by atoms with van der Waals surface area (Å²) in [7, 11) is 0. The maximum absolute atomic E-state index is 9.60. The summed E-state index contributed by atoms with van der Waals surface area (Å²) in [6.45, 7) is 6.79. The molecule has 1 aliphatic heterocycles. The number of hydrogen-bond donors (Lipinski definition) is 1. The van der Waals surface area contributed by atoms with E-state index >= 15 is 0 Å². The van der Waals surface area contributed by atoms with Gasteiger partial charge in [0.25, 0.3) is 0 Å². The van der Waals surface area contributed by atoms with Crippen molar-refractivity contribution in [3.8, 4) is 0 Å². The molecular formula is C11H20N4O. The lowest BCUT2D eigenvalue weighted by molar-refractivity contribution is 0.0645. The van der Waals surface area contributed by atoms with Gasteiger partial charge in [-0.15, -0.1) is 0 Å². The van der Waals surface area contributed by atoms with Crippen LogP contribution in [0, 0.1) is 0 Å². The molecule has 1 unspecified atom stereocenters. The van der Waals surface area contributed by atoms with Crippen LogP contribution in [0.5, 0.6) is 0 Å². The average molecular weight is 224 g/mol. The van der Waals surface area contributed by atoms with Crippen molar-refractivity contribution in [1.29, 1.82) is 0 Å². The minimum Gasteiger partial charge on any atom is -0.392 e. The van der Waals surface area contributed by atoms with E-state index < -0.39 is 0 Å². The number of hydrogen-bond acceptors (Lipinski definition) is 4. The van der Waals surface area contributed by atoms with Gasteiger partial charge in [0, 0.05) is 12.6 Å². The zero-order chi connectivity index (χ0) is 11.5. The zero-order valence-electron chi connectivity index (χ0n) is 10.0. The average Bonchev–Trinajstić information content (AvgIpc) is 2.66. The number of β-amino-alcohol motifs (C(OH)–C–C–N with tert-alkyl or cyclic N) is 1. The van der Waals surface area contributed by atoms with Crippen LogP contribution in [-0.2, 0) is 6.54 Å². The van der Waals surface area contributed by atoms with Crippen molar-refractivity contribution in [2.75, 3.05) is 13.1 Å². The second kappa shape index (κ2) is 4.93. The lowest BCUT2D eigenvalue weighted by atomic mass is 10.1. The maximum atomic E-state index is 9.60. The highest BCUT2D eigenvalue weighted by Gasteiger charge is 2.19. The van der Waals surface area contributed by atoms with E-state index in [2.05, 4.69) is 28.8 Å². The first-order chi connectivity index (χ1) is 7.66. The second-order valence-corrected chi connectivity index (χ2v) is 4.75. The first kappa shape index (κ1) is 11.5. The highest BCUT2D eigenvalue weighted by atomic mass is 16.3. The summed E-state index contributed by atoms with van der Waals surface area (Å²) in [5.74, 6) is 0.990. The summed E-state index contributed by atoms with van der Waals surface area (Å²) < 4.78 is 1.95. The first-order valence-corrected chi connectivity index (χ1v) is 5.95. The molecule has 0 radical (unpaired) electrons.